The van der Waals surface area contributed by atoms with Crippen molar-refractivity contribution >= 4 is 11.9 Å². The van der Waals surface area contributed by atoms with Crippen LogP contribution in [-0.4, -0.2) is 56.0 Å². The van der Waals surface area contributed by atoms with E-state index in [1.165, 1.54) is 141 Å². The maximum Gasteiger partial charge on any atom is 0.366 e. The van der Waals surface area contributed by atoms with Crippen LogP contribution in [0.15, 0.2) is 24.3 Å². The lowest BCUT2D eigenvalue weighted by atomic mass is 10.1. The molecule has 1 aliphatic rings. The molecule has 0 aromatic heterocycles. The van der Waals surface area contributed by atoms with Gasteiger partial charge < -0.3 is 9.47 Å². The number of esters is 1. The number of nitrogens with zero attached hydrogens (tertiary/aromatic N) is 1. The first-order valence-corrected chi connectivity index (χ1v) is 20.7. The summed E-state index contributed by atoms with van der Waals surface area (Å²) in [6, 6.07) is 0. The lowest BCUT2D eigenvalue weighted by Crippen LogP contribution is -2.57. The van der Waals surface area contributed by atoms with Crippen LogP contribution in [-0.2, 0) is 23.9 Å². The number of quaternary nitrogens is 1. The van der Waals surface area contributed by atoms with Crippen molar-refractivity contribution in [2.45, 2.75) is 194 Å². The van der Waals surface area contributed by atoms with Gasteiger partial charge in [-0.25, -0.2) is 4.79 Å². The number of carbonyl (C=O) groups is 2. The van der Waals surface area contributed by atoms with Gasteiger partial charge in [0.1, 0.15) is 19.7 Å². The van der Waals surface area contributed by atoms with E-state index in [2.05, 4.69) is 38.2 Å². The molecule has 0 aromatic carbocycles. The van der Waals surface area contributed by atoms with E-state index in [9.17, 15) is 9.59 Å². The van der Waals surface area contributed by atoms with Gasteiger partial charge in [-0.1, -0.05) is 141 Å². The van der Waals surface area contributed by atoms with Gasteiger partial charge in [-0.05, 0) is 64.2 Å². The third-order valence-electron chi connectivity index (χ3n) is 9.63. The minimum absolute atomic E-state index is 0.140. The fourth-order valence-electron chi connectivity index (χ4n) is 6.38. The van der Waals surface area contributed by atoms with Crippen LogP contribution in [0.4, 0.5) is 0 Å². The van der Waals surface area contributed by atoms with Crippen LogP contribution in [0.2, 0.25) is 0 Å². The van der Waals surface area contributed by atoms with Crippen LogP contribution in [0.3, 0.4) is 0 Å². The Morgan fingerprint density at radius 1 is 0.521 bits per heavy atom. The Labute approximate surface area is 297 Å². The van der Waals surface area contributed by atoms with E-state index in [-0.39, 0.29) is 23.2 Å². The minimum Gasteiger partial charge on any atom is -0.460 e. The van der Waals surface area contributed by atoms with Crippen molar-refractivity contribution in [2.24, 2.45) is 0 Å². The standard InChI is InChI=1S/C42H78NO5/c1-3-5-7-9-11-13-15-17-19-21-23-25-27-29-31-33-41(44)47-40-37-43(35-38-46-39-36-43)48-42(45)34-32-30-28-26-24-22-20-18-16-14-12-10-8-6-4-2/h17-20H,3-16,21-40H2,1-2H3/q+1/b19-17-,20-18-. The first-order chi connectivity index (χ1) is 23.6. The first-order valence-electron chi connectivity index (χ1n) is 20.7. The van der Waals surface area contributed by atoms with Crippen molar-refractivity contribution in [2.75, 3.05) is 39.5 Å². The number of hydrogen-bond donors (Lipinski definition) is 0. The third kappa shape index (κ3) is 28.2. The molecule has 1 saturated heterocycles. The summed E-state index contributed by atoms with van der Waals surface area (Å²) in [6.45, 7) is 7.66. The fourth-order valence-corrected chi connectivity index (χ4v) is 6.38. The Bertz CT molecular complexity index is 789. The number of ether oxygens (including phenoxy) is 2. The molecule has 0 spiro atoms. The van der Waals surface area contributed by atoms with Gasteiger partial charge in [0.05, 0.1) is 19.6 Å². The zero-order valence-electron chi connectivity index (χ0n) is 31.8. The summed E-state index contributed by atoms with van der Waals surface area (Å²) < 4.78 is 11.3. The summed E-state index contributed by atoms with van der Waals surface area (Å²) in [4.78, 5) is 31.0. The smallest absolute Gasteiger partial charge is 0.366 e. The van der Waals surface area contributed by atoms with E-state index in [0.717, 1.165) is 25.7 Å². The number of hydrogen-bond acceptors (Lipinski definition) is 5. The molecule has 6 heteroatoms. The van der Waals surface area contributed by atoms with Gasteiger partial charge in [0.25, 0.3) is 0 Å². The maximum atomic E-state index is 12.7. The highest BCUT2D eigenvalue weighted by Crippen LogP contribution is 2.17. The summed E-state index contributed by atoms with van der Waals surface area (Å²) in [6.07, 6.45) is 42.6. The van der Waals surface area contributed by atoms with Crippen LogP contribution < -0.4 is 0 Å². The molecule has 1 fully saturated rings. The number of allylic oxidation sites excluding steroid dienone is 4. The highest BCUT2D eigenvalue weighted by Gasteiger charge is 2.36. The quantitative estimate of drug-likeness (QED) is 0.0294. The van der Waals surface area contributed by atoms with Crippen LogP contribution in [0.1, 0.15) is 194 Å². The van der Waals surface area contributed by atoms with Crippen LogP contribution in [0.5, 0.6) is 0 Å². The van der Waals surface area contributed by atoms with Crippen molar-refractivity contribution in [3.8, 4) is 0 Å². The lowest BCUT2D eigenvalue weighted by molar-refractivity contribution is -1.09. The van der Waals surface area contributed by atoms with Crippen molar-refractivity contribution in [1.82, 2.24) is 0 Å². The molecule has 0 atom stereocenters. The maximum absolute atomic E-state index is 12.7. The van der Waals surface area contributed by atoms with Crippen molar-refractivity contribution < 1.29 is 28.5 Å². The Hall–Kier alpha value is -1.66. The Kier molecular flexibility index (Phi) is 31.3. The number of morpholine rings is 1. The molecule has 48 heavy (non-hydrogen) atoms. The zero-order chi connectivity index (χ0) is 34.6. The molecule has 0 amide bonds. The predicted octanol–water partition coefficient (Wildman–Crippen LogP) is 11.9. The summed E-state index contributed by atoms with van der Waals surface area (Å²) >= 11 is 0. The van der Waals surface area contributed by atoms with Gasteiger partial charge >= 0.3 is 11.9 Å². The summed E-state index contributed by atoms with van der Waals surface area (Å²) in [5.41, 5.74) is 0. The Morgan fingerprint density at radius 3 is 1.33 bits per heavy atom. The molecule has 1 rings (SSSR count). The Balaban J connectivity index is 2.04. The molecule has 280 valence electrons. The van der Waals surface area contributed by atoms with Crippen molar-refractivity contribution in [1.29, 1.82) is 0 Å². The second kappa shape index (κ2) is 33.8. The molecule has 1 aliphatic heterocycles. The first kappa shape index (κ1) is 44.4. The molecule has 0 bridgehead atoms. The van der Waals surface area contributed by atoms with Gasteiger partial charge in [0.15, 0.2) is 6.54 Å². The average molecular weight is 677 g/mol. The van der Waals surface area contributed by atoms with Crippen LogP contribution in [0.25, 0.3) is 0 Å². The molecular formula is C42H78NO5+. The van der Waals surface area contributed by atoms with Crippen molar-refractivity contribution in [3.05, 3.63) is 24.3 Å². The van der Waals surface area contributed by atoms with Gasteiger partial charge in [0, 0.05) is 6.42 Å². The van der Waals surface area contributed by atoms with E-state index in [1.54, 1.807) is 0 Å². The molecule has 0 unspecified atom stereocenters. The van der Waals surface area contributed by atoms with E-state index in [0.29, 0.717) is 45.7 Å². The highest BCUT2D eigenvalue weighted by molar-refractivity contribution is 5.69. The number of unbranched alkanes of at least 4 members (excludes halogenated alkanes) is 22. The van der Waals surface area contributed by atoms with Crippen LogP contribution in [0, 0.1) is 0 Å². The zero-order valence-corrected chi connectivity index (χ0v) is 31.8. The molecule has 0 saturated carbocycles. The van der Waals surface area contributed by atoms with E-state index in [1.807, 2.05) is 0 Å². The SMILES string of the molecule is CCCCCCCC/C=C\CCCCCCCC(=O)OCC[N+]1(OC(=O)CCCCCCC/C=C\CCCCCCCC)CCOCC1. The van der Waals surface area contributed by atoms with Crippen molar-refractivity contribution in [3.63, 3.8) is 0 Å². The molecule has 0 radical (unpaired) electrons. The molecule has 6 nitrogen and oxygen atoms in total. The van der Waals surface area contributed by atoms with E-state index < -0.39 is 0 Å². The second-order valence-corrected chi connectivity index (χ2v) is 14.2. The van der Waals surface area contributed by atoms with Crippen LogP contribution >= 0.6 is 0 Å². The monoisotopic (exact) mass is 677 g/mol. The lowest BCUT2D eigenvalue weighted by Gasteiger charge is -2.36. The average Bonchev–Trinajstić information content (AvgIpc) is 3.08. The Morgan fingerprint density at radius 2 is 0.896 bits per heavy atom. The van der Waals surface area contributed by atoms with E-state index >= 15 is 0 Å². The van der Waals surface area contributed by atoms with E-state index in [4.69, 9.17) is 14.3 Å². The number of hydroxylamine groups is 3. The van der Waals surface area contributed by atoms with Gasteiger partial charge in [-0.15, -0.1) is 4.65 Å². The topological polar surface area (TPSA) is 61.8 Å². The largest absolute Gasteiger partial charge is 0.460 e. The third-order valence-corrected chi connectivity index (χ3v) is 9.63. The molecule has 0 aliphatic carbocycles. The normalized spacial score (nSPS) is 14.6. The van der Waals surface area contributed by atoms with Gasteiger partial charge in [-0.3, -0.25) is 9.63 Å². The summed E-state index contributed by atoms with van der Waals surface area (Å²) in [5.74, 6) is -0.284. The predicted molar refractivity (Wildman–Crippen MR) is 202 cm³/mol. The van der Waals surface area contributed by atoms with Gasteiger partial charge in [0.2, 0.25) is 0 Å². The summed E-state index contributed by atoms with van der Waals surface area (Å²) in [5, 5.41) is 0. The molecule has 0 N–H and O–H groups in total. The molecule has 0 aromatic rings. The summed E-state index contributed by atoms with van der Waals surface area (Å²) in [7, 11) is 0. The highest BCUT2D eigenvalue weighted by atomic mass is 16.8. The fraction of sp³-hybridized carbons (Fsp3) is 0.857. The second-order valence-electron chi connectivity index (χ2n) is 14.2. The van der Waals surface area contributed by atoms with Gasteiger partial charge in [-0.2, -0.15) is 0 Å². The number of carbonyl (C=O) groups excluding carboxylic acids is 2. The molecular weight excluding hydrogens is 598 g/mol. The minimum atomic E-state index is -0.144. The number of rotatable bonds is 34. The molecule has 1 heterocycles.